The number of aromatic amines is 1. The molecule has 3 aromatic rings. The number of tetrazole rings is 1. The van der Waals surface area contributed by atoms with Crippen molar-refractivity contribution < 1.29 is 4.79 Å². The van der Waals surface area contributed by atoms with Gasteiger partial charge in [0.05, 0.1) is 12.2 Å². The molecule has 2 N–H and O–H groups in total. The number of thiophene rings is 1. The summed E-state index contributed by atoms with van der Waals surface area (Å²) in [4.78, 5) is 12.8. The average molecular weight is 274 g/mol. The van der Waals surface area contributed by atoms with Crippen molar-refractivity contribution in [1.29, 1.82) is 0 Å². The third kappa shape index (κ3) is 2.38. The first-order valence-electron chi connectivity index (χ1n) is 5.56. The Kier molecular flexibility index (Phi) is 3.07. The lowest BCUT2D eigenvalue weighted by Crippen LogP contribution is -2.23. The molecular weight excluding hydrogens is 264 g/mol. The molecule has 0 aromatic carbocycles. The fourth-order valence-electron chi connectivity index (χ4n) is 1.67. The Hall–Kier alpha value is -2.48. The van der Waals surface area contributed by atoms with Crippen molar-refractivity contribution in [1.82, 2.24) is 30.5 Å². The van der Waals surface area contributed by atoms with Gasteiger partial charge in [0.1, 0.15) is 4.88 Å². The molecule has 0 saturated carbocycles. The van der Waals surface area contributed by atoms with Crippen LogP contribution in [0.1, 0.15) is 15.5 Å². The number of carbonyl (C=O) groups is 1. The van der Waals surface area contributed by atoms with E-state index in [0.717, 1.165) is 5.69 Å². The van der Waals surface area contributed by atoms with Crippen molar-refractivity contribution >= 4 is 17.2 Å². The van der Waals surface area contributed by atoms with Crippen LogP contribution >= 0.6 is 11.3 Å². The molecule has 0 aliphatic rings. The topological polar surface area (TPSA) is 88.5 Å². The minimum absolute atomic E-state index is 0.150. The van der Waals surface area contributed by atoms with Crippen LogP contribution in [0.2, 0.25) is 0 Å². The van der Waals surface area contributed by atoms with E-state index in [1.165, 1.54) is 11.3 Å². The van der Waals surface area contributed by atoms with Crippen molar-refractivity contribution in [3.8, 4) is 5.69 Å². The fourth-order valence-corrected chi connectivity index (χ4v) is 2.47. The van der Waals surface area contributed by atoms with Gasteiger partial charge in [-0.3, -0.25) is 4.79 Å². The zero-order valence-corrected chi connectivity index (χ0v) is 10.6. The highest BCUT2D eigenvalue weighted by atomic mass is 32.1. The highest BCUT2D eigenvalue weighted by Crippen LogP contribution is 2.21. The van der Waals surface area contributed by atoms with E-state index in [1.54, 1.807) is 0 Å². The first-order valence-corrected chi connectivity index (χ1v) is 6.44. The van der Waals surface area contributed by atoms with Crippen LogP contribution in [0.25, 0.3) is 5.69 Å². The summed E-state index contributed by atoms with van der Waals surface area (Å²) in [7, 11) is 0. The predicted molar refractivity (Wildman–Crippen MR) is 69.0 cm³/mol. The van der Waals surface area contributed by atoms with Crippen molar-refractivity contribution in [3.05, 3.63) is 46.7 Å². The van der Waals surface area contributed by atoms with Crippen LogP contribution in [0.5, 0.6) is 0 Å². The van der Waals surface area contributed by atoms with Crippen LogP contribution in [0, 0.1) is 0 Å². The molecule has 3 rings (SSSR count). The Morgan fingerprint density at radius 1 is 1.42 bits per heavy atom. The summed E-state index contributed by atoms with van der Waals surface area (Å²) in [6, 6.07) is 5.74. The molecule has 3 aromatic heterocycles. The molecule has 0 spiro atoms. The number of hydrogen-bond donors (Lipinski definition) is 2. The first kappa shape index (κ1) is 11.6. The van der Waals surface area contributed by atoms with Crippen LogP contribution in [0.4, 0.5) is 0 Å². The maximum absolute atomic E-state index is 12.1. The lowest BCUT2D eigenvalue weighted by Gasteiger charge is -2.05. The highest BCUT2D eigenvalue weighted by molar-refractivity contribution is 7.12. The third-order valence-corrected chi connectivity index (χ3v) is 3.43. The second-order valence-corrected chi connectivity index (χ2v) is 4.65. The minimum atomic E-state index is -0.150. The summed E-state index contributed by atoms with van der Waals surface area (Å²) in [5.74, 6) is 0.302. The van der Waals surface area contributed by atoms with Crippen LogP contribution in [0.3, 0.4) is 0 Å². The van der Waals surface area contributed by atoms with E-state index < -0.39 is 0 Å². The Morgan fingerprint density at radius 2 is 2.26 bits per heavy atom. The Labute approximate surface area is 112 Å². The summed E-state index contributed by atoms with van der Waals surface area (Å²) in [5, 5.41) is 18.0. The fraction of sp³-hybridized carbons (Fsp3) is 0.0909. The van der Waals surface area contributed by atoms with Gasteiger partial charge >= 0.3 is 0 Å². The van der Waals surface area contributed by atoms with Crippen LogP contribution in [0.15, 0.2) is 36.0 Å². The number of nitrogens with one attached hydrogen (secondary N) is 2. The van der Waals surface area contributed by atoms with Gasteiger partial charge in [-0.1, -0.05) is 5.21 Å². The standard InChI is InChI=1S/C11H10N6OS/c18-11(12-7-9-13-15-16-14-9)10-8(3-6-19-10)17-4-1-2-5-17/h1-6H,7H2,(H,12,18)(H,13,14,15,16). The maximum atomic E-state index is 12.1. The second-order valence-electron chi connectivity index (χ2n) is 3.74. The molecule has 96 valence electrons. The predicted octanol–water partition coefficient (Wildman–Crippen LogP) is 0.982. The summed E-state index contributed by atoms with van der Waals surface area (Å²) >= 11 is 1.40. The largest absolute Gasteiger partial charge is 0.344 e. The van der Waals surface area contributed by atoms with Crippen LogP contribution < -0.4 is 5.32 Å². The van der Waals surface area contributed by atoms with Gasteiger partial charge in [-0.05, 0) is 23.6 Å². The van der Waals surface area contributed by atoms with Gasteiger partial charge in [-0.2, -0.15) is 5.21 Å². The van der Waals surface area contributed by atoms with Crippen molar-refractivity contribution in [3.63, 3.8) is 0 Å². The molecule has 0 unspecified atom stereocenters. The molecule has 0 atom stereocenters. The third-order valence-electron chi connectivity index (χ3n) is 2.53. The van der Waals surface area contributed by atoms with Crippen molar-refractivity contribution in [2.75, 3.05) is 0 Å². The summed E-state index contributed by atoms with van der Waals surface area (Å²) in [6.07, 6.45) is 3.80. The Balaban J connectivity index is 1.75. The number of carbonyl (C=O) groups excluding carboxylic acids is 1. The highest BCUT2D eigenvalue weighted by Gasteiger charge is 2.14. The molecule has 19 heavy (non-hydrogen) atoms. The number of nitrogens with zero attached hydrogens (tertiary/aromatic N) is 4. The zero-order chi connectivity index (χ0) is 13.1. The normalized spacial score (nSPS) is 10.5. The number of rotatable bonds is 4. The smallest absolute Gasteiger partial charge is 0.263 e. The summed E-state index contributed by atoms with van der Waals surface area (Å²) in [5.41, 5.74) is 0.862. The minimum Gasteiger partial charge on any atom is -0.344 e. The zero-order valence-electron chi connectivity index (χ0n) is 9.78. The van der Waals surface area contributed by atoms with E-state index >= 15 is 0 Å². The Morgan fingerprint density at radius 3 is 3.00 bits per heavy atom. The SMILES string of the molecule is O=C(NCc1nn[nH]n1)c1sccc1-n1cccc1. The molecule has 3 heterocycles. The van der Waals surface area contributed by atoms with Gasteiger partial charge in [0.25, 0.3) is 5.91 Å². The number of hydrogen-bond acceptors (Lipinski definition) is 5. The summed E-state index contributed by atoms with van der Waals surface area (Å²) in [6.45, 7) is 0.248. The molecule has 7 nitrogen and oxygen atoms in total. The number of amides is 1. The average Bonchev–Trinajstić information content (AvgIpc) is 3.14. The van der Waals surface area contributed by atoms with E-state index in [-0.39, 0.29) is 12.5 Å². The maximum Gasteiger partial charge on any atom is 0.263 e. The van der Waals surface area contributed by atoms with Gasteiger partial charge in [0.15, 0.2) is 5.82 Å². The molecule has 8 heteroatoms. The van der Waals surface area contributed by atoms with Crippen molar-refractivity contribution in [2.45, 2.75) is 6.54 Å². The molecule has 0 radical (unpaired) electrons. The van der Waals surface area contributed by atoms with Crippen LogP contribution in [-0.4, -0.2) is 31.1 Å². The Bertz CT molecular complexity index is 657. The molecular formula is C11H10N6OS. The van der Waals surface area contributed by atoms with Crippen LogP contribution in [-0.2, 0) is 6.54 Å². The molecule has 0 aliphatic carbocycles. The lowest BCUT2D eigenvalue weighted by atomic mass is 10.3. The lowest BCUT2D eigenvalue weighted by molar-refractivity contribution is 0.0954. The van der Waals surface area contributed by atoms with E-state index in [4.69, 9.17) is 0 Å². The molecule has 0 fully saturated rings. The molecule has 0 saturated heterocycles. The monoisotopic (exact) mass is 274 g/mol. The van der Waals surface area contributed by atoms with E-state index in [0.29, 0.717) is 10.7 Å². The van der Waals surface area contributed by atoms with Gasteiger partial charge in [-0.15, -0.1) is 21.5 Å². The molecule has 0 aliphatic heterocycles. The van der Waals surface area contributed by atoms with Gasteiger partial charge in [-0.25, -0.2) is 0 Å². The molecule has 1 amide bonds. The first-order chi connectivity index (χ1) is 9.34. The molecule has 0 bridgehead atoms. The number of H-pyrrole nitrogens is 1. The number of aromatic nitrogens is 5. The van der Waals surface area contributed by atoms with Crippen molar-refractivity contribution in [2.24, 2.45) is 0 Å². The van der Waals surface area contributed by atoms with Gasteiger partial charge in [0, 0.05) is 12.4 Å². The van der Waals surface area contributed by atoms with E-state index in [9.17, 15) is 4.79 Å². The quantitative estimate of drug-likeness (QED) is 0.742. The van der Waals surface area contributed by atoms with Gasteiger partial charge in [0.2, 0.25) is 0 Å². The summed E-state index contributed by atoms with van der Waals surface area (Å²) < 4.78 is 1.90. The van der Waals surface area contributed by atoms with Gasteiger partial charge < -0.3 is 9.88 Å². The van der Waals surface area contributed by atoms with E-state index in [1.807, 2.05) is 40.5 Å². The second kappa shape index (κ2) is 5.02. The van der Waals surface area contributed by atoms with E-state index in [2.05, 4.69) is 25.9 Å².